The van der Waals surface area contributed by atoms with Crippen molar-refractivity contribution in [2.24, 2.45) is 23.7 Å². The summed E-state index contributed by atoms with van der Waals surface area (Å²) in [5, 5.41) is 0.140. The number of esters is 1. The smallest absolute Gasteiger partial charge is 0.308 e. The molecular weight excluding hydrogens is 452 g/mol. The van der Waals surface area contributed by atoms with Crippen molar-refractivity contribution in [1.82, 2.24) is 0 Å². The van der Waals surface area contributed by atoms with Crippen LogP contribution < -0.4 is 0 Å². The highest BCUT2D eigenvalue weighted by molar-refractivity contribution is 6.74. The molecule has 7 unspecified atom stereocenters. The highest BCUT2D eigenvalue weighted by Crippen LogP contribution is 2.44. The molecule has 1 heterocycles. The molecule has 1 saturated heterocycles. The van der Waals surface area contributed by atoms with Crippen LogP contribution in [0, 0.1) is 23.7 Å². The fourth-order valence-corrected chi connectivity index (χ4v) is 7.32. The molecule has 3 rings (SSSR count). The van der Waals surface area contributed by atoms with Gasteiger partial charge in [-0.15, -0.1) is 0 Å². The van der Waals surface area contributed by atoms with Crippen LogP contribution in [0.2, 0.25) is 18.1 Å². The van der Waals surface area contributed by atoms with E-state index < -0.39 is 8.32 Å². The largest absolute Gasteiger partial charge is 0.462 e. The van der Waals surface area contributed by atoms with Gasteiger partial charge < -0.3 is 13.9 Å². The summed E-state index contributed by atoms with van der Waals surface area (Å²) in [5.74, 6) is 2.01. The number of hydrogen-bond donors (Lipinski definition) is 0. The fraction of sp³-hybridized carbons (Fsp3) is 0.833. The fourth-order valence-electron chi connectivity index (χ4n) is 5.96. The molecule has 0 aromatic rings. The Morgan fingerprint density at radius 1 is 1.23 bits per heavy atom. The Bertz CT molecular complexity index is 765. The molecule has 35 heavy (non-hydrogen) atoms. The predicted molar refractivity (Wildman–Crippen MR) is 147 cm³/mol. The van der Waals surface area contributed by atoms with E-state index in [0.29, 0.717) is 36.2 Å². The molecule has 4 nitrogen and oxygen atoms in total. The van der Waals surface area contributed by atoms with E-state index >= 15 is 0 Å². The minimum absolute atomic E-state index is 0.00732. The summed E-state index contributed by atoms with van der Waals surface area (Å²) in [6.07, 6.45) is 15.3. The van der Waals surface area contributed by atoms with Crippen molar-refractivity contribution in [1.29, 1.82) is 0 Å². The van der Waals surface area contributed by atoms with Crippen molar-refractivity contribution in [3.05, 3.63) is 23.8 Å². The van der Waals surface area contributed by atoms with Crippen LogP contribution in [0.15, 0.2) is 23.8 Å². The lowest BCUT2D eigenvalue weighted by Crippen LogP contribution is -2.47. The monoisotopic (exact) mass is 504 g/mol. The molecule has 0 aromatic carbocycles. The van der Waals surface area contributed by atoms with Crippen molar-refractivity contribution in [2.75, 3.05) is 6.61 Å². The van der Waals surface area contributed by atoms with Gasteiger partial charge in [-0.2, -0.15) is 0 Å². The lowest BCUT2D eigenvalue weighted by atomic mass is 9.66. The van der Waals surface area contributed by atoms with E-state index in [-0.39, 0.29) is 23.2 Å². The minimum Gasteiger partial charge on any atom is -0.462 e. The number of allylic oxidation sites excluding steroid dienone is 3. The summed E-state index contributed by atoms with van der Waals surface area (Å²) < 4.78 is 19.1. The number of hydrogen-bond acceptors (Lipinski definition) is 4. The number of rotatable bonds is 10. The Hall–Kier alpha value is -0.913. The molecule has 7 atom stereocenters. The van der Waals surface area contributed by atoms with E-state index in [4.69, 9.17) is 13.9 Å². The van der Waals surface area contributed by atoms with Crippen molar-refractivity contribution in [2.45, 2.75) is 129 Å². The second-order valence-corrected chi connectivity index (χ2v) is 17.8. The van der Waals surface area contributed by atoms with Crippen LogP contribution in [0.1, 0.15) is 92.9 Å². The first-order chi connectivity index (χ1) is 16.4. The van der Waals surface area contributed by atoms with Gasteiger partial charge in [0.15, 0.2) is 8.32 Å². The van der Waals surface area contributed by atoms with Crippen LogP contribution in [0.25, 0.3) is 0 Å². The van der Waals surface area contributed by atoms with Gasteiger partial charge in [0.1, 0.15) is 6.10 Å². The summed E-state index contributed by atoms with van der Waals surface area (Å²) in [7, 11) is -1.92. The van der Waals surface area contributed by atoms with Crippen LogP contribution in [0.4, 0.5) is 0 Å². The number of carbonyl (C=O) groups excluding carboxylic acids is 1. The Morgan fingerprint density at radius 3 is 2.66 bits per heavy atom. The summed E-state index contributed by atoms with van der Waals surface area (Å²) >= 11 is 0. The Balaban J connectivity index is 1.64. The van der Waals surface area contributed by atoms with Crippen molar-refractivity contribution in [3.8, 4) is 0 Å². The molecule has 3 aliphatic rings. The standard InChI is InChI=1S/C30H52O4Si/c1-9-11-21(2)20-32-27-13-10-12-23-15-14-22(3)26(29(23)27)17-16-24-18-25(19-28(31)33-24)34-35(7,8)30(4,5)6/h12,14-15,21-22,24-27,29H,9-11,13,16-20H2,1-8H3. The zero-order valence-electron chi connectivity index (χ0n) is 23.8. The van der Waals surface area contributed by atoms with Gasteiger partial charge in [-0.25, -0.2) is 0 Å². The molecule has 1 fully saturated rings. The molecule has 2 aliphatic carbocycles. The van der Waals surface area contributed by atoms with Crippen LogP contribution in [-0.2, 0) is 18.7 Å². The molecular formula is C30H52O4Si. The van der Waals surface area contributed by atoms with Crippen LogP contribution >= 0.6 is 0 Å². The average molecular weight is 505 g/mol. The van der Waals surface area contributed by atoms with Crippen molar-refractivity contribution >= 4 is 14.3 Å². The van der Waals surface area contributed by atoms with Gasteiger partial charge in [-0.3, -0.25) is 4.79 Å². The molecule has 0 spiro atoms. The Labute approximate surface area is 216 Å². The quantitative estimate of drug-likeness (QED) is 0.224. The first-order valence-electron chi connectivity index (χ1n) is 14.3. The van der Waals surface area contributed by atoms with E-state index in [2.05, 4.69) is 72.9 Å². The number of fused-ring (bicyclic) bond motifs is 1. The number of ether oxygens (including phenoxy) is 2. The first-order valence-corrected chi connectivity index (χ1v) is 17.2. The molecule has 1 aliphatic heterocycles. The maximum absolute atomic E-state index is 12.5. The van der Waals surface area contributed by atoms with Crippen molar-refractivity contribution in [3.63, 3.8) is 0 Å². The van der Waals surface area contributed by atoms with Gasteiger partial charge in [-0.05, 0) is 73.6 Å². The van der Waals surface area contributed by atoms with E-state index in [0.717, 1.165) is 38.7 Å². The maximum Gasteiger partial charge on any atom is 0.308 e. The summed E-state index contributed by atoms with van der Waals surface area (Å²) in [6, 6.07) is 0. The van der Waals surface area contributed by atoms with E-state index in [1.54, 1.807) is 0 Å². The molecule has 0 bridgehead atoms. The minimum atomic E-state index is -1.92. The van der Waals surface area contributed by atoms with Gasteiger partial charge >= 0.3 is 5.97 Å². The van der Waals surface area contributed by atoms with Gasteiger partial charge in [0, 0.05) is 18.9 Å². The predicted octanol–water partition coefficient (Wildman–Crippen LogP) is 7.84. The van der Waals surface area contributed by atoms with Gasteiger partial charge in [0.25, 0.3) is 0 Å². The first kappa shape index (κ1) is 28.7. The van der Waals surface area contributed by atoms with Gasteiger partial charge in [-0.1, -0.05) is 66.2 Å². The average Bonchev–Trinajstić information content (AvgIpc) is 2.75. The Kier molecular flexibility index (Phi) is 9.90. The zero-order chi connectivity index (χ0) is 25.8. The highest BCUT2D eigenvalue weighted by atomic mass is 28.4. The normalized spacial score (nSPS) is 32.6. The van der Waals surface area contributed by atoms with Gasteiger partial charge in [0.2, 0.25) is 0 Å². The molecule has 0 aromatic heterocycles. The summed E-state index contributed by atoms with van der Waals surface area (Å²) in [4.78, 5) is 12.5. The molecule has 0 amide bonds. The second-order valence-electron chi connectivity index (χ2n) is 13.1. The Morgan fingerprint density at radius 2 is 1.97 bits per heavy atom. The van der Waals surface area contributed by atoms with Crippen LogP contribution in [-0.4, -0.2) is 39.2 Å². The van der Waals surface area contributed by atoms with E-state index in [9.17, 15) is 4.79 Å². The highest BCUT2D eigenvalue weighted by Gasteiger charge is 2.43. The third-order valence-electron chi connectivity index (χ3n) is 9.03. The third kappa shape index (κ3) is 7.55. The number of cyclic esters (lactones) is 1. The molecule has 0 N–H and O–H groups in total. The summed E-state index contributed by atoms with van der Waals surface area (Å²) in [5.41, 5.74) is 1.47. The molecule has 0 saturated carbocycles. The van der Waals surface area contributed by atoms with E-state index in [1.807, 2.05) is 0 Å². The topological polar surface area (TPSA) is 44.8 Å². The summed E-state index contributed by atoms with van der Waals surface area (Å²) in [6.45, 7) is 19.1. The third-order valence-corrected chi connectivity index (χ3v) is 13.6. The SMILES string of the molecule is CCCC(C)COC1CCC=C2C=CC(C)C(CCC3CC(O[Si](C)(C)C(C)(C)C)CC(=O)O3)C21. The van der Waals surface area contributed by atoms with Gasteiger partial charge in [0.05, 0.1) is 18.6 Å². The lowest BCUT2D eigenvalue weighted by Gasteiger charge is -2.43. The van der Waals surface area contributed by atoms with Crippen LogP contribution in [0.5, 0.6) is 0 Å². The lowest BCUT2D eigenvalue weighted by molar-refractivity contribution is -0.160. The molecule has 200 valence electrons. The van der Waals surface area contributed by atoms with E-state index in [1.165, 1.54) is 18.4 Å². The molecule has 5 heteroatoms. The molecule has 0 radical (unpaired) electrons. The second kappa shape index (κ2) is 12.1. The van der Waals surface area contributed by atoms with Crippen LogP contribution in [0.3, 0.4) is 0 Å². The zero-order valence-corrected chi connectivity index (χ0v) is 24.8. The maximum atomic E-state index is 12.5. The van der Waals surface area contributed by atoms with Crippen molar-refractivity contribution < 1.29 is 18.7 Å². The number of carbonyl (C=O) groups is 1.